The Labute approximate surface area is 99.9 Å². The summed E-state index contributed by atoms with van der Waals surface area (Å²) in [6.45, 7) is 3.56. The third-order valence-electron chi connectivity index (χ3n) is 2.75. The van der Waals surface area contributed by atoms with Gasteiger partial charge in [-0.2, -0.15) is 0 Å². The normalized spacial score (nSPS) is 10.2. The molecule has 2 N–H and O–H groups in total. The Morgan fingerprint density at radius 1 is 1.12 bits per heavy atom. The molecule has 17 heavy (non-hydrogen) atoms. The van der Waals surface area contributed by atoms with Crippen LogP contribution in [0.4, 0.5) is 0 Å². The predicted octanol–water partition coefficient (Wildman–Crippen LogP) is 2.73. The van der Waals surface area contributed by atoms with E-state index in [1.807, 2.05) is 6.92 Å². The van der Waals surface area contributed by atoms with Crippen LogP contribution in [0.1, 0.15) is 51.6 Å². The highest BCUT2D eigenvalue weighted by Gasteiger charge is 2.16. The van der Waals surface area contributed by atoms with Gasteiger partial charge in [0.05, 0.1) is 11.1 Å². The van der Waals surface area contributed by atoms with E-state index in [1.165, 1.54) is 6.92 Å². The highest BCUT2D eigenvalue weighted by atomic mass is 16.4. The van der Waals surface area contributed by atoms with Crippen molar-refractivity contribution < 1.29 is 19.8 Å². The van der Waals surface area contributed by atoms with Crippen molar-refractivity contribution in [2.75, 3.05) is 0 Å². The van der Waals surface area contributed by atoms with E-state index in [4.69, 9.17) is 10.2 Å². The Morgan fingerprint density at radius 3 is 1.94 bits per heavy atom. The summed E-state index contributed by atoms with van der Waals surface area (Å²) in [6.07, 6.45) is 2.61. The van der Waals surface area contributed by atoms with Gasteiger partial charge in [0, 0.05) is 0 Å². The Morgan fingerprint density at radius 2 is 1.59 bits per heavy atom. The molecule has 0 aliphatic heterocycles. The lowest BCUT2D eigenvalue weighted by atomic mass is 9.96. The van der Waals surface area contributed by atoms with Crippen LogP contribution in [0.5, 0.6) is 0 Å². The number of aryl methyl sites for hydroxylation is 1. The molecule has 0 heterocycles. The lowest BCUT2D eigenvalue weighted by Gasteiger charge is -2.09. The minimum atomic E-state index is -1.08. The molecular weight excluding hydrogens is 220 g/mol. The summed E-state index contributed by atoms with van der Waals surface area (Å²) in [6, 6.07) is 3.14. The average molecular weight is 236 g/mol. The molecule has 0 aliphatic rings. The summed E-state index contributed by atoms with van der Waals surface area (Å²) < 4.78 is 0. The van der Waals surface area contributed by atoms with Crippen LogP contribution in [0.25, 0.3) is 0 Å². The maximum atomic E-state index is 11.0. The molecule has 0 fully saturated rings. The minimum absolute atomic E-state index is 0.0796. The summed E-state index contributed by atoms with van der Waals surface area (Å²) in [5.41, 5.74) is 1.24. The Hall–Kier alpha value is -1.84. The van der Waals surface area contributed by atoms with Gasteiger partial charge in [-0.05, 0) is 43.0 Å². The summed E-state index contributed by atoms with van der Waals surface area (Å²) in [5, 5.41) is 18.1. The Bertz CT molecular complexity index is 414. The van der Waals surface area contributed by atoms with E-state index >= 15 is 0 Å². The van der Waals surface area contributed by atoms with E-state index in [1.54, 1.807) is 12.1 Å². The molecule has 4 nitrogen and oxygen atoms in total. The third kappa shape index (κ3) is 3.06. The highest BCUT2D eigenvalue weighted by Crippen LogP contribution is 2.19. The molecule has 0 unspecified atom stereocenters. The Kier molecular flexibility index (Phi) is 4.26. The van der Waals surface area contributed by atoms with Crippen LogP contribution < -0.4 is 0 Å². The van der Waals surface area contributed by atoms with Gasteiger partial charge in [-0.1, -0.05) is 13.3 Å². The smallest absolute Gasteiger partial charge is 0.335 e. The molecule has 4 heteroatoms. The SMILES string of the molecule is CCCCc1cc(C(=O)O)c(C)c(C(=O)O)c1. The van der Waals surface area contributed by atoms with Crippen molar-refractivity contribution in [3.63, 3.8) is 0 Å². The maximum Gasteiger partial charge on any atom is 0.335 e. The van der Waals surface area contributed by atoms with Gasteiger partial charge in [-0.3, -0.25) is 0 Å². The number of carboxylic acid groups (broad SMARTS) is 2. The van der Waals surface area contributed by atoms with E-state index in [0.717, 1.165) is 18.4 Å². The van der Waals surface area contributed by atoms with Crippen LogP contribution in [0.2, 0.25) is 0 Å². The zero-order valence-electron chi connectivity index (χ0n) is 9.99. The van der Waals surface area contributed by atoms with Gasteiger partial charge in [-0.25, -0.2) is 9.59 Å². The molecule has 0 aromatic heterocycles. The van der Waals surface area contributed by atoms with Crippen molar-refractivity contribution in [2.45, 2.75) is 33.1 Å². The second-order valence-electron chi connectivity index (χ2n) is 4.03. The van der Waals surface area contributed by atoms with Crippen LogP contribution in [-0.2, 0) is 6.42 Å². The van der Waals surface area contributed by atoms with Crippen molar-refractivity contribution in [3.8, 4) is 0 Å². The molecule has 0 saturated carbocycles. The van der Waals surface area contributed by atoms with Crippen LogP contribution in [0, 0.1) is 6.92 Å². The van der Waals surface area contributed by atoms with Gasteiger partial charge in [0.15, 0.2) is 0 Å². The first kappa shape index (κ1) is 13.2. The molecule has 0 saturated heterocycles. The molecule has 0 atom stereocenters. The molecule has 1 rings (SSSR count). The second kappa shape index (κ2) is 5.48. The van der Waals surface area contributed by atoms with E-state index < -0.39 is 11.9 Å². The molecule has 1 aromatic rings. The molecule has 1 aromatic carbocycles. The van der Waals surface area contributed by atoms with Crippen molar-refractivity contribution >= 4 is 11.9 Å². The number of hydrogen-bond donors (Lipinski definition) is 2. The molecule has 0 bridgehead atoms. The van der Waals surface area contributed by atoms with Crippen molar-refractivity contribution in [3.05, 3.63) is 34.4 Å². The van der Waals surface area contributed by atoms with E-state index in [9.17, 15) is 9.59 Å². The zero-order valence-corrected chi connectivity index (χ0v) is 9.99. The molecule has 0 aliphatic carbocycles. The number of benzene rings is 1. The second-order valence-corrected chi connectivity index (χ2v) is 4.03. The number of aromatic carboxylic acids is 2. The van der Waals surface area contributed by atoms with Gasteiger partial charge in [-0.15, -0.1) is 0 Å². The van der Waals surface area contributed by atoms with E-state index in [2.05, 4.69) is 0 Å². The van der Waals surface area contributed by atoms with Crippen molar-refractivity contribution in [1.29, 1.82) is 0 Å². The average Bonchev–Trinajstić information content (AvgIpc) is 2.26. The van der Waals surface area contributed by atoms with Gasteiger partial charge in [0.1, 0.15) is 0 Å². The Balaban J connectivity index is 3.26. The quantitative estimate of drug-likeness (QED) is 0.824. The molecular formula is C13H16O4. The predicted molar refractivity (Wildman–Crippen MR) is 63.7 cm³/mol. The van der Waals surface area contributed by atoms with Crippen LogP contribution in [0.15, 0.2) is 12.1 Å². The first-order chi connectivity index (χ1) is 7.97. The minimum Gasteiger partial charge on any atom is -0.478 e. The van der Waals surface area contributed by atoms with E-state index in [-0.39, 0.29) is 11.1 Å². The maximum absolute atomic E-state index is 11.0. The molecule has 0 amide bonds. The first-order valence-electron chi connectivity index (χ1n) is 5.57. The van der Waals surface area contributed by atoms with Gasteiger partial charge in [0.25, 0.3) is 0 Å². The fraction of sp³-hybridized carbons (Fsp3) is 0.385. The van der Waals surface area contributed by atoms with Crippen LogP contribution >= 0.6 is 0 Å². The largest absolute Gasteiger partial charge is 0.478 e. The van der Waals surface area contributed by atoms with E-state index in [0.29, 0.717) is 12.0 Å². The molecule has 0 radical (unpaired) electrons. The van der Waals surface area contributed by atoms with Crippen molar-refractivity contribution in [2.24, 2.45) is 0 Å². The van der Waals surface area contributed by atoms with Crippen LogP contribution in [0.3, 0.4) is 0 Å². The molecule has 92 valence electrons. The van der Waals surface area contributed by atoms with Gasteiger partial charge < -0.3 is 10.2 Å². The standard InChI is InChI=1S/C13H16O4/c1-3-4-5-9-6-10(12(14)15)8(2)11(7-9)13(16)17/h6-7H,3-5H2,1-2H3,(H,14,15)(H,16,17). The van der Waals surface area contributed by atoms with Gasteiger partial charge in [0.2, 0.25) is 0 Å². The summed E-state index contributed by atoms with van der Waals surface area (Å²) in [5.74, 6) is -2.16. The van der Waals surface area contributed by atoms with Crippen LogP contribution in [-0.4, -0.2) is 22.2 Å². The number of hydrogen-bond acceptors (Lipinski definition) is 2. The third-order valence-corrected chi connectivity index (χ3v) is 2.75. The number of carbonyl (C=O) groups is 2. The molecule has 0 spiro atoms. The number of rotatable bonds is 5. The summed E-state index contributed by atoms with van der Waals surface area (Å²) >= 11 is 0. The topological polar surface area (TPSA) is 74.6 Å². The monoisotopic (exact) mass is 236 g/mol. The number of carboxylic acids is 2. The lowest BCUT2D eigenvalue weighted by molar-refractivity contribution is 0.0696. The summed E-state index contributed by atoms with van der Waals surface area (Å²) in [4.78, 5) is 22.1. The fourth-order valence-electron chi connectivity index (χ4n) is 1.74. The first-order valence-corrected chi connectivity index (χ1v) is 5.57. The fourth-order valence-corrected chi connectivity index (χ4v) is 1.74. The summed E-state index contributed by atoms with van der Waals surface area (Å²) in [7, 11) is 0. The highest BCUT2D eigenvalue weighted by molar-refractivity contribution is 5.96. The number of unbranched alkanes of at least 4 members (excludes halogenated alkanes) is 1. The van der Waals surface area contributed by atoms with Gasteiger partial charge >= 0.3 is 11.9 Å². The van der Waals surface area contributed by atoms with Crippen molar-refractivity contribution in [1.82, 2.24) is 0 Å². The lowest BCUT2D eigenvalue weighted by Crippen LogP contribution is -2.08. The zero-order chi connectivity index (χ0) is 13.0.